The summed E-state index contributed by atoms with van der Waals surface area (Å²) in [4.78, 5) is 32.8. The van der Waals surface area contributed by atoms with Crippen molar-refractivity contribution >= 4 is 29.0 Å². The molecule has 31 heavy (non-hydrogen) atoms. The standard InChI is InChI=1S/C24H25N5O2/c1-17-21(25)11-12-22(26-17)27-20-9-7-19(8-10-20)16-29-14-13-28(23(30)24(29)31)15-18-5-3-2-4-6-18/h2-12H,13-16,25H2,1H3,(H,26,27). The van der Waals surface area contributed by atoms with Gasteiger partial charge in [0.1, 0.15) is 5.82 Å². The molecule has 1 saturated heterocycles. The van der Waals surface area contributed by atoms with Crippen molar-refractivity contribution in [3.05, 3.63) is 83.6 Å². The molecular formula is C24H25N5O2. The number of nitrogens with zero attached hydrogens (tertiary/aromatic N) is 3. The monoisotopic (exact) mass is 415 g/mol. The van der Waals surface area contributed by atoms with Gasteiger partial charge in [-0.15, -0.1) is 0 Å². The van der Waals surface area contributed by atoms with Gasteiger partial charge in [0.15, 0.2) is 0 Å². The average molecular weight is 415 g/mol. The number of hydrogen-bond donors (Lipinski definition) is 2. The molecule has 2 amide bonds. The Kier molecular flexibility index (Phi) is 5.84. The van der Waals surface area contributed by atoms with Gasteiger partial charge in [-0.3, -0.25) is 9.59 Å². The second kappa shape index (κ2) is 8.87. The fourth-order valence-corrected chi connectivity index (χ4v) is 3.52. The van der Waals surface area contributed by atoms with E-state index in [0.29, 0.717) is 31.9 Å². The number of aryl methyl sites for hydroxylation is 1. The second-order valence-corrected chi connectivity index (χ2v) is 7.63. The highest BCUT2D eigenvalue weighted by atomic mass is 16.2. The van der Waals surface area contributed by atoms with Gasteiger partial charge < -0.3 is 20.9 Å². The van der Waals surface area contributed by atoms with Crippen LogP contribution in [0.15, 0.2) is 66.7 Å². The predicted octanol–water partition coefficient (Wildman–Crippen LogP) is 3.09. The number of pyridine rings is 1. The Morgan fingerprint density at radius 3 is 2.00 bits per heavy atom. The zero-order valence-electron chi connectivity index (χ0n) is 17.4. The summed E-state index contributed by atoms with van der Waals surface area (Å²) in [6.45, 7) is 3.77. The molecule has 0 radical (unpaired) electrons. The van der Waals surface area contributed by atoms with Crippen LogP contribution in [0.4, 0.5) is 17.2 Å². The fraction of sp³-hybridized carbons (Fsp3) is 0.208. The first-order chi connectivity index (χ1) is 15.0. The van der Waals surface area contributed by atoms with Crippen molar-refractivity contribution in [3.8, 4) is 0 Å². The molecule has 4 rings (SSSR count). The number of anilines is 3. The van der Waals surface area contributed by atoms with Crippen LogP contribution >= 0.6 is 0 Å². The molecule has 7 heteroatoms. The smallest absolute Gasteiger partial charge is 0.312 e. The molecular weight excluding hydrogens is 390 g/mol. The van der Waals surface area contributed by atoms with Gasteiger partial charge in [0.25, 0.3) is 0 Å². The van der Waals surface area contributed by atoms with Gasteiger partial charge in [0.05, 0.1) is 11.4 Å². The number of nitrogens with one attached hydrogen (secondary N) is 1. The first-order valence-electron chi connectivity index (χ1n) is 10.2. The number of benzene rings is 2. The fourth-order valence-electron chi connectivity index (χ4n) is 3.52. The summed E-state index contributed by atoms with van der Waals surface area (Å²) in [5.41, 5.74) is 10.1. The van der Waals surface area contributed by atoms with Crippen molar-refractivity contribution in [1.29, 1.82) is 0 Å². The number of piperazine rings is 1. The average Bonchev–Trinajstić information content (AvgIpc) is 2.78. The molecule has 0 aliphatic carbocycles. The van der Waals surface area contributed by atoms with Gasteiger partial charge in [-0.25, -0.2) is 4.98 Å². The Hall–Kier alpha value is -3.87. The van der Waals surface area contributed by atoms with Crippen molar-refractivity contribution < 1.29 is 9.59 Å². The minimum absolute atomic E-state index is 0.406. The number of carbonyl (C=O) groups excluding carboxylic acids is 2. The van der Waals surface area contributed by atoms with Crippen LogP contribution in [0.25, 0.3) is 0 Å². The van der Waals surface area contributed by atoms with E-state index >= 15 is 0 Å². The molecule has 0 saturated carbocycles. The maximum Gasteiger partial charge on any atom is 0.312 e. The third-order valence-electron chi connectivity index (χ3n) is 5.34. The Morgan fingerprint density at radius 2 is 1.42 bits per heavy atom. The lowest BCUT2D eigenvalue weighted by Crippen LogP contribution is -2.53. The first kappa shape index (κ1) is 20.4. The summed E-state index contributed by atoms with van der Waals surface area (Å²) in [6, 6.07) is 21.1. The van der Waals surface area contributed by atoms with Crippen LogP contribution in [0.3, 0.4) is 0 Å². The normalized spacial score (nSPS) is 14.1. The summed E-state index contributed by atoms with van der Waals surface area (Å²) in [5.74, 6) is -0.182. The maximum absolute atomic E-state index is 12.6. The topological polar surface area (TPSA) is 91.6 Å². The molecule has 0 unspecified atom stereocenters. The Bertz CT molecular complexity index is 1080. The minimum Gasteiger partial charge on any atom is -0.397 e. The predicted molar refractivity (Wildman–Crippen MR) is 120 cm³/mol. The molecule has 1 aliphatic rings. The van der Waals surface area contributed by atoms with E-state index < -0.39 is 11.8 Å². The number of amides is 2. The van der Waals surface area contributed by atoms with Crippen LogP contribution in [0.5, 0.6) is 0 Å². The zero-order chi connectivity index (χ0) is 21.8. The van der Waals surface area contributed by atoms with Crippen LogP contribution in [-0.4, -0.2) is 39.7 Å². The van der Waals surface area contributed by atoms with Gasteiger partial charge in [-0.1, -0.05) is 42.5 Å². The number of nitrogens with two attached hydrogens (primary N) is 1. The summed E-state index contributed by atoms with van der Waals surface area (Å²) in [5, 5.41) is 3.24. The molecule has 0 spiro atoms. The number of nitrogen functional groups attached to an aromatic ring is 1. The molecule has 158 valence electrons. The van der Waals surface area contributed by atoms with Gasteiger partial charge in [0.2, 0.25) is 0 Å². The van der Waals surface area contributed by atoms with E-state index in [0.717, 1.165) is 28.3 Å². The lowest BCUT2D eigenvalue weighted by Gasteiger charge is -2.33. The number of carbonyl (C=O) groups is 2. The van der Waals surface area contributed by atoms with Crippen LogP contribution in [0.2, 0.25) is 0 Å². The third-order valence-corrected chi connectivity index (χ3v) is 5.34. The van der Waals surface area contributed by atoms with Crippen molar-refractivity contribution in [1.82, 2.24) is 14.8 Å². The van der Waals surface area contributed by atoms with Crippen molar-refractivity contribution in [3.63, 3.8) is 0 Å². The molecule has 7 nitrogen and oxygen atoms in total. The quantitative estimate of drug-likeness (QED) is 0.604. The highest BCUT2D eigenvalue weighted by Gasteiger charge is 2.32. The van der Waals surface area contributed by atoms with E-state index in [-0.39, 0.29) is 0 Å². The molecule has 0 atom stereocenters. The number of rotatable bonds is 6. The van der Waals surface area contributed by atoms with E-state index in [1.807, 2.05) is 73.7 Å². The molecule has 2 aromatic carbocycles. The largest absolute Gasteiger partial charge is 0.397 e. The van der Waals surface area contributed by atoms with Crippen LogP contribution in [0, 0.1) is 6.92 Å². The van der Waals surface area contributed by atoms with Gasteiger partial charge >= 0.3 is 11.8 Å². The van der Waals surface area contributed by atoms with E-state index in [2.05, 4.69) is 10.3 Å². The summed E-state index contributed by atoms with van der Waals surface area (Å²) in [6.07, 6.45) is 0. The van der Waals surface area contributed by atoms with Crippen LogP contribution in [0.1, 0.15) is 16.8 Å². The van der Waals surface area contributed by atoms with Crippen molar-refractivity contribution in [2.75, 3.05) is 24.1 Å². The molecule has 0 bridgehead atoms. The lowest BCUT2D eigenvalue weighted by atomic mass is 10.1. The van der Waals surface area contributed by atoms with Crippen LogP contribution < -0.4 is 11.1 Å². The van der Waals surface area contributed by atoms with Gasteiger partial charge in [0, 0.05) is 31.9 Å². The summed E-state index contributed by atoms with van der Waals surface area (Å²) >= 11 is 0. The van der Waals surface area contributed by atoms with Gasteiger partial charge in [-0.2, -0.15) is 0 Å². The van der Waals surface area contributed by atoms with E-state index in [4.69, 9.17) is 5.73 Å². The van der Waals surface area contributed by atoms with Crippen molar-refractivity contribution in [2.45, 2.75) is 20.0 Å². The van der Waals surface area contributed by atoms with E-state index in [1.54, 1.807) is 9.80 Å². The van der Waals surface area contributed by atoms with E-state index in [9.17, 15) is 9.59 Å². The highest BCUT2D eigenvalue weighted by Crippen LogP contribution is 2.19. The lowest BCUT2D eigenvalue weighted by molar-refractivity contribution is -0.156. The molecule has 3 aromatic rings. The summed E-state index contributed by atoms with van der Waals surface area (Å²) < 4.78 is 0. The molecule has 2 heterocycles. The first-order valence-corrected chi connectivity index (χ1v) is 10.2. The summed E-state index contributed by atoms with van der Waals surface area (Å²) in [7, 11) is 0. The van der Waals surface area contributed by atoms with E-state index in [1.165, 1.54) is 0 Å². The second-order valence-electron chi connectivity index (χ2n) is 7.63. The molecule has 1 fully saturated rings. The minimum atomic E-state index is -0.453. The Balaban J connectivity index is 1.35. The zero-order valence-corrected chi connectivity index (χ0v) is 17.4. The molecule has 1 aliphatic heterocycles. The van der Waals surface area contributed by atoms with Gasteiger partial charge in [-0.05, 0) is 42.3 Å². The van der Waals surface area contributed by atoms with Crippen LogP contribution in [-0.2, 0) is 22.7 Å². The number of hydrogen-bond acceptors (Lipinski definition) is 5. The number of aromatic nitrogens is 1. The Morgan fingerprint density at radius 1 is 0.839 bits per heavy atom. The molecule has 3 N–H and O–H groups in total. The highest BCUT2D eigenvalue weighted by molar-refractivity contribution is 6.35. The molecule has 1 aromatic heterocycles. The SMILES string of the molecule is Cc1nc(Nc2ccc(CN3CCN(Cc4ccccc4)C(=O)C3=O)cc2)ccc1N. The third kappa shape index (κ3) is 4.83. The Labute approximate surface area is 181 Å². The maximum atomic E-state index is 12.6. The van der Waals surface area contributed by atoms with Crippen molar-refractivity contribution in [2.24, 2.45) is 0 Å².